The minimum atomic E-state index is 0.468. The third-order valence-electron chi connectivity index (χ3n) is 3.91. The molecule has 2 heterocycles. The maximum absolute atomic E-state index is 6.12. The Morgan fingerprint density at radius 1 is 1.29 bits per heavy atom. The number of nitrogens with one attached hydrogen (secondary N) is 1. The van der Waals surface area contributed by atoms with Gasteiger partial charge in [0.1, 0.15) is 0 Å². The molecule has 1 unspecified atom stereocenters. The fourth-order valence-corrected chi connectivity index (χ4v) is 3.18. The maximum atomic E-state index is 6.12. The fraction of sp³-hybridized carbons (Fsp3) is 0.571. The van der Waals surface area contributed by atoms with Crippen molar-refractivity contribution in [1.82, 2.24) is 10.2 Å². The minimum absolute atomic E-state index is 0.468. The zero-order valence-electron chi connectivity index (χ0n) is 10.1. The van der Waals surface area contributed by atoms with Gasteiger partial charge in [0.05, 0.1) is 0 Å². The molecule has 2 aliphatic heterocycles. The molecule has 0 saturated carbocycles. The van der Waals surface area contributed by atoms with Crippen LogP contribution in [-0.2, 0) is 6.42 Å². The lowest BCUT2D eigenvalue weighted by Gasteiger charge is -2.30. The van der Waals surface area contributed by atoms with Crippen LogP contribution in [0.2, 0.25) is 5.02 Å². The molecule has 17 heavy (non-hydrogen) atoms. The van der Waals surface area contributed by atoms with Gasteiger partial charge < -0.3 is 10.2 Å². The molecule has 1 fully saturated rings. The highest BCUT2D eigenvalue weighted by atomic mass is 35.5. The van der Waals surface area contributed by atoms with Crippen LogP contribution in [0.1, 0.15) is 30.0 Å². The van der Waals surface area contributed by atoms with Crippen LogP contribution < -0.4 is 5.32 Å². The first-order valence-corrected chi connectivity index (χ1v) is 6.95. The van der Waals surface area contributed by atoms with Crippen LogP contribution in [0.25, 0.3) is 0 Å². The standard InChI is InChI=1S/C14H19ClN2/c15-12-4-3-11-5-6-16-14(13(11)9-12)10-17-7-1-2-8-17/h3-4,9,14,16H,1-2,5-8,10H2. The summed E-state index contributed by atoms with van der Waals surface area (Å²) in [6, 6.07) is 6.81. The monoisotopic (exact) mass is 250 g/mol. The van der Waals surface area contributed by atoms with E-state index < -0.39 is 0 Å². The second-order valence-electron chi connectivity index (χ2n) is 5.11. The highest BCUT2D eigenvalue weighted by molar-refractivity contribution is 6.30. The Labute approximate surface area is 108 Å². The lowest BCUT2D eigenvalue weighted by molar-refractivity contribution is 0.287. The van der Waals surface area contributed by atoms with Crippen molar-refractivity contribution in [3.05, 3.63) is 34.3 Å². The summed E-state index contributed by atoms with van der Waals surface area (Å²) < 4.78 is 0. The Morgan fingerprint density at radius 3 is 2.94 bits per heavy atom. The van der Waals surface area contributed by atoms with Crippen molar-refractivity contribution in [1.29, 1.82) is 0 Å². The normalized spacial score (nSPS) is 24.9. The van der Waals surface area contributed by atoms with E-state index >= 15 is 0 Å². The van der Waals surface area contributed by atoms with E-state index in [0.717, 1.165) is 24.5 Å². The number of nitrogens with zero attached hydrogens (tertiary/aromatic N) is 1. The average Bonchev–Trinajstić information content (AvgIpc) is 2.83. The number of hydrogen-bond donors (Lipinski definition) is 1. The number of halogens is 1. The van der Waals surface area contributed by atoms with Gasteiger partial charge in [-0.05, 0) is 62.2 Å². The van der Waals surface area contributed by atoms with E-state index in [0.29, 0.717) is 6.04 Å². The van der Waals surface area contributed by atoms with E-state index in [1.165, 1.54) is 37.1 Å². The van der Waals surface area contributed by atoms with Crippen molar-refractivity contribution in [3.8, 4) is 0 Å². The molecule has 3 heteroatoms. The molecule has 2 aliphatic rings. The van der Waals surface area contributed by atoms with E-state index in [-0.39, 0.29) is 0 Å². The van der Waals surface area contributed by atoms with Gasteiger partial charge in [0.2, 0.25) is 0 Å². The maximum Gasteiger partial charge on any atom is 0.0452 e. The van der Waals surface area contributed by atoms with Crippen molar-refractivity contribution in [2.24, 2.45) is 0 Å². The topological polar surface area (TPSA) is 15.3 Å². The number of fused-ring (bicyclic) bond motifs is 1. The molecule has 2 nitrogen and oxygen atoms in total. The predicted molar refractivity (Wildman–Crippen MR) is 71.6 cm³/mol. The second kappa shape index (κ2) is 4.97. The zero-order chi connectivity index (χ0) is 11.7. The van der Waals surface area contributed by atoms with E-state index in [4.69, 9.17) is 11.6 Å². The van der Waals surface area contributed by atoms with Crippen LogP contribution in [0.15, 0.2) is 18.2 Å². The van der Waals surface area contributed by atoms with Crippen molar-refractivity contribution in [3.63, 3.8) is 0 Å². The summed E-state index contributed by atoms with van der Waals surface area (Å²) in [6.45, 7) is 4.74. The molecule has 92 valence electrons. The largest absolute Gasteiger partial charge is 0.309 e. The van der Waals surface area contributed by atoms with Crippen molar-refractivity contribution >= 4 is 11.6 Å². The Kier molecular flexibility index (Phi) is 3.37. The summed E-state index contributed by atoms with van der Waals surface area (Å²) >= 11 is 6.12. The van der Waals surface area contributed by atoms with E-state index in [2.05, 4.69) is 22.3 Å². The zero-order valence-corrected chi connectivity index (χ0v) is 10.8. The molecule has 0 aromatic heterocycles. The molecule has 0 aliphatic carbocycles. The molecule has 1 atom stereocenters. The highest BCUT2D eigenvalue weighted by Gasteiger charge is 2.23. The van der Waals surface area contributed by atoms with Crippen LogP contribution in [0.4, 0.5) is 0 Å². The summed E-state index contributed by atoms with van der Waals surface area (Å²) in [5.74, 6) is 0. The number of rotatable bonds is 2. The Hall–Kier alpha value is -0.570. The van der Waals surface area contributed by atoms with E-state index in [9.17, 15) is 0 Å². The average molecular weight is 251 g/mol. The van der Waals surface area contributed by atoms with Gasteiger partial charge in [-0.3, -0.25) is 0 Å². The van der Waals surface area contributed by atoms with Gasteiger partial charge in [0.15, 0.2) is 0 Å². The third-order valence-corrected chi connectivity index (χ3v) is 4.14. The van der Waals surface area contributed by atoms with Gasteiger partial charge in [-0.25, -0.2) is 0 Å². The Bertz CT molecular complexity index is 399. The van der Waals surface area contributed by atoms with Gasteiger partial charge >= 0.3 is 0 Å². The van der Waals surface area contributed by atoms with E-state index in [1.807, 2.05) is 6.07 Å². The molecule has 1 aromatic rings. The summed E-state index contributed by atoms with van der Waals surface area (Å²) in [4.78, 5) is 2.56. The van der Waals surface area contributed by atoms with Crippen LogP contribution >= 0.6 is 11.6 Å². The SMILES string of the molecule is Clc1ccc2c(c1)C(CN1CCCC1)NCC2. The van der Waals surface area contributed by atoms with Gasteiger partial charge in [0, 0.05) is 17.6 Å². The predicted octanol–water partition coefficient (Wildman–Crippen LogP) is 2.62. The van der Waals surface area contributed by atoms with Crippen LogP contribution in [0.3, 0.4) is 0 Å². The molecule has 0 bridgehead atoms. The molecule has 1 saturated heterocycles. The quantitative estimate of drug-likeness (QED) is 0.868. The first-order valence-electron chi connectivity index (χ1n) is 6.57. The molecule has 1 aromatic carbocycles. The van der Waals surface area contributed by atoms with Crippen LogP contribution in [-0.4, -0.2) is 31.1 Å². The molecule has 1 N–H and O–H groups in total. The van der Waals surface area contributed by atoms with E-state index in [1.54, 1.807) is 0 Å². The summed E-state index contributed by atoms with van der Waals surface area (Å²) in [7, 11) is 0. The third kappa shape index (κ3) is 2.49. The minimum Gasteiger partial charge on any atom is -0.309 e. The summed E-state index contributed by atoms with van der Waals surface area (Å²) in [5, 5.41) is 4.49. The van der Waals surface area contributed by atoms with Gasteiger partial charge in [-0.15, -0.1) is 0 Å². The van der Waals surface area contributed by atoms with Crippen LogP contribution in [0.5, 0.6) is 0 Å². The first kappa shape index (κ1) is 11.5. The molecule has 0 radical (unpaired) electrons. The molecule has 3 rings (SSSR count). The summed E-state index contributed by atoms with van der Waals surface area (Å²) in [6.07, 6.45) is 3.84. The number of hydrogen-bond acceptors (Lipinski definition) is 2. The number of likely N-dealkylation sites (tertiary alicyclic amines) is 1. The summed E-state index contributed by atoms with van der Waals surface area (Å²) in [5.41, 5.74) is 2.88. The highest BCUT2D eigenvalue weighted by Crippen LogP contribution is 2.27. The molecule has 0 spiro atoms. The van der Waals surface area contributed by atoms with Crippen molar-refractivity contribution in [2.45, 2.75) is 25.3 Å². The van der Waals surface area contributed by atoms with Gasteiger partial charge in [-0.2, -0.15) is 0 Å². The molecular weight excluding hydrogens is 232 g/mol. The number of benzene rings is 1. The van der Waals surface area contributed by atoms with Crippen molar-refractivity contribution < 1.29 is 0 Å². The fourth-order valence-electron chi connectivity index (χ4n) is 3.00. The molecule has 0 amide bonds. The Morgan fingerprint density at radius 2 is 2.12 bits per heavy atom. The lowest BCUT2D eigenvalue weighted by Crippen LogP contribution is -2.38. The Balaban J connectivity index is 1.80. The lowest BCUT2D eigenvalue weighted by atomic mass is 9.94. The van der Waals surface area contributed by atoms with Gasteiger partial charge in [0.25, 0.3) is 0 Å². The van der Waals surface area contributed by atoms with Crippen molar-refractivity contribution in [2.75, 3.05) is 26.2 Å². The first-order chi connectivity index (χ1) is 8.33. The second-order valence-corrected chi connectivity index (χ2v) is 5.54. The smallest absolute Gasteiger partial charge is 0.0452 e. The molecular formula is C14H19ClN2. The van der Waals surface area contributed by atoms with Crippen LogP contribution in [0, 0.1) is 0 Å². The van der Waals surface area contributed by atoms with Gasteiger partial charge in [-0.1, -0.05) is 17.7 Å².